The van der Waals surface area contributed by atoms with Crippen LogP contribution in [0.1, 0.15) is 32.6 Å². The topological polar surface area (TPSA) is 44.8 Å². The van der Waals surface area contributed by atoms with Crippen molar-refractivity contribution in [3.05, 3.63) is 0 Å². The molecule has 1 aliphatic carbocycles. The molecule has 2 atom stereocenters. The summed E-state index contributed by atoms with van der Waals surface area (Å²) in [6, 6.07) is 0.703. The lowest BCUT2D eigenvalue weighted by Crippen LogP contribution is -2.63. The SMILES string of the molecule is CCOC(=O)C(CN1CCN2CCCC2C1)(NC)C1CC1. The lowest BCUT2D eigenvalue weighted by molar-refractivity contribution is -0.153. The maximum Gasteiger partial charge on any atom is 0.327 e. The summed E-state index contributed by atoms with van der Waals surface area (Å²) in [5.74, 6) is 0.395. The van der Waals surface area contributed by atoms with Gasteiger partial charge >= 0.3 is 5.97 Å². The van der Waals surface area contributed by atoms with Crippen molar-refractivity contribution in [2.45, 2.75) is 44.2 Å². The molecule has 2 heterocycles. The van der Waals surface area contributed by atoms with E-state index in [0.717, 1.165) is 39.0 Å². The molecule has 2 unspecified atom stereocenters. The molecule has 2 saturated heterocycles. The molecule has 120 valence electrons. The molecule has 21 heavy (non-hydrogen) atoms. The van der Waals surface area contributed by atoms with Crippen LogP contribution in [0, 0.1) is 5.92 Å². The summed E-state index contributed by atoms with van der Waals surface area (Å²) in [6.07, 6.45) is 4.92. The van der Waals surface area contributed by atoms with Crippen LogP contribution < -0.4 is 5.32 Å². The first-order chi connectivity index (χ1) is 10.2. The van der Waals surface area contributed by atoms with E-state index in [1.807, 2.05) is 14.0 Å². The van der Waals surface area contributed by atoms with Crippen molar-refractivity contribution >= 4 is 5.97 Å². The molecule has 5 heteroatoms. The van der Waals surface area contributed by atoms with E-state index in [2.05, 4.69) is 15.1 Å². The third-order valence-electron chi connectivity index (χ3n) is 5.50. The molecule has 1 N–H and O–H groups in total. The number of rotatable bonds is 6. The van der Waals surface area contributed by atoms with Gasteiger partial charge in [0.05, 0.1) is 6.61 Å². The summed E-state index contributed by atoms with van der Waals surface area (Å²) in [7, 11) is 1.92. The quantitative estimate of drug-likeness (QED) is 0.731. The van der Waals surface area contributed by atoms with Crippen molar-refractivity contribution in [1.82, 2.24) is 15.1 Å². The molecular weight excluding hydrogens is 266 g/mol. The summed E-state index contributed by atoms with van der Waals surface area (Å²) < 4.78 is 5.39. The van der Waals surface area contributed by atoms with Crippen molar-refractivity contribution in [3.8, 4) is 0 Å². The highest BCUT2D eigenvalue weighted by Gasteiger charge is 2.52. The Morgan fingerprint density at radius 1 is 1.29 bits per heavy atom. The number of likely N-dealkylation sites (N-methyl/N-ethyl adjacent to an activating group) is 1. The lowest BCUT2D eigenvalue weighted by atomic mass is 9.91. The van der Waals surface area contributed by atoms with Crippen LogP contribution in [0.5, 0.6) is 0 Å². The van der Waals surface area contributed by atoms with E-state index in [9.17, 15) is 4.79 Å². The number of carbonyl (C=O) groups excluding carboxylic acids is 1. The Morgan fingerprint density at radius 3 is 2.76 bits per heavy atom. The number of hydrogen-bond acceptors (Lipinski definition) is 5. The predicted molar refractivity (Wildman–Crippen MR) is 82.2 cm³/mol. The number of carbonyl (C=O) groups is 1. The van der Waals surface area contributed by atoms with Gasteiger partial charge < -0.3 is 10.1 Å². The van der Waals surface area contributed by atoms with E-state index >= 15 is 0 Å². The van der Waals surface area contributed by atoms with E-state index in [1.54, 1.807) is 0 Å². The zero-order valence-electron chi connectivity index (χ0n) is 13.4. The fraction of sp³-hybridized carbons (Fsp3) is 0.938. The second kappa shape index (κ2) is 6.23. The average Bonchev–Trinajstić information content (AvgIpc) is 3.23. The first kappa shape index (κ1) is 15.3. The van der Waals surface area contributed by atoms with Gasteiger partial charge in [-0.2, -0.15) is 0 Å². The summed E-state index contributed by atoms with van der Waals surface area (Å²) in [4.78, 5) is 17.7. The van der Waals surface area contributed by atoms with Gasteiger partial charge in [-0.3, -0.25) is 9.80 Å². The number of nitrogens with one attached hydrogen (secondary N) is 1. The zero-order chi connectivity index (χ0) is 14.9. The minimum absolute atomic E-state index is 0.0520. The second-order valence-electron chi connectivity index (χ2n) is 6.78. The summed E-state index contributed by atoms with van der Waals surface area (Å²) in [6.45, 7) is 7.75. The second-order valence-corrected chi connectivity index (χ2v) is 6.78. The monoisotopic (exact) mass is 295 g/mol. The Hall–Kier alpha value is -0.650. The Balaban J connectivity index is 1.68. The van der Waals surface area contributed by atoms with Crippen LogP contribution in [-0.2, 0) is 9.53 Å². The summed E-state index contributed by atoms with van der Waals surface area (Å²) >= 11 is 0. The van der Waals surface area contributed by atoms with E-state index in [-0.39, 0.29) is 5.97 Å². The van der Waals surface area contributed by atoms with Crippen molar-refractivity contribution in [2.24, 2.45) is 5.92 Å². The van der Waals surface area contributed by atoms with E-state index < -0.39 is 5.54 Å². The molecular formula is C16H29N3O2. The number of esters is 1. The fourth-order valence-corrected chi connectivity index (χ4v) is 4.13. The number of fused-ring (bicyclic) bond motifs is 1. The normalized spacial score (nSPS) is 29.9. The summed E-state index contributed by atoms with van der Waals surface area (Å²) in [5.41, 5.74) is -0.489. The van der Waals surface area contributed by atoms with Gasteiger partial charge in [0.25, 0.3) is 0 Å². The van der Waals surface area contributed by atoms with Gasteiger partial charge in [-0.25, -0.2) is 4.79 Å². The summed E-state index contributed by atoms with van der Waals surface area (Å²) in [5, 5.41) is 3.34. The zero-order valence-corrected chi connectivity index (χ0v) is 13.4. The van der Waals surface area contributed by atoms with Crippen molar-refractivity contribution in [1.29, 1.82) is 0 Å². The van der Waals surface area contributed by atoms with Gasteiger partial charge in [0.2, 0.25) is 0 Å². The molecule has 0 spiro atoms. The van der Waals surface area contributed by atoms with Crippen LogP contribution in [0.25, 0.3) is 0 Å². The van der Waals surface area contributed by atoms with Gasteiger partial charge in [0.1, 0.15) is 5.54 Å². The Kier molecular flexibility index (Phi) is 4.52. The molecule has 1 saturated carbocycles. The third kappa shape index (κ3) is 2.96. The highest BCUT2D eigenvalue weighted by Crippen LogP contribution is 2.41. The third-order valence-corrected chi connectivity index (χ3v) is 5.50. The smallest absolute Gasteiger partial charge is 0.327 e. The average molecular weight is 295 g/mol. The minimum atomic E-state index is -0.489. The largest absolute Gasteiger partial charge is 0.465 e. The Labute approximate surface area is 128 Å². The highest BCUT2D eigenvalue weighted by molar-refractivity contribution is 5.82. The van der Waals surface area contributed by atoms with Gasteiger partial charge in [-0.05, 0) is 52.1 Å². The number of nitrogens with zero attached hydrogens (tertiary/aromatic N) is 2. The molecule has 5 nitrogen and oxygen atoms in total. The van der Waals surface area contributed by atoms with Gasteiger partial charge in [-0.15, -0.1) is 0 Å². The van der Waals surface area contributed by atoms with Crippen LogP contribution in [-0.4, -0.2) is 73.7 Å². The van der Waals surface area contributed by atoms with Gasteiger partial charge in [0, 0.05) is 32.2 Å². The van der Waals surface area contributed by atoms with Crippen LogP contribution in [0.15, 0.2) is 0 Å². The number of piperazine rings is 1. The maximum atomic E-state index is 12.6. The molecule has 0 amide bonds. The first-order valence-electron chi connectivity index (χ1n) is 8.52. The first-order valence-corrected chi connectivity index (χ1v) is 8.52. The minimum Gasteiger partial charge on any atom is -0.465 e. The van der Waals surface area contributed by atoms with Crippen molar-refractivity contribution in [2.75, 3.05) is 46.4 Å². The van der Waals surface area contributed by atoms with E-state index in [4.69, 9.17) is 4.74 Å². The van der Waals surface area contributed by atoms with Gasteiger partial charge in [-0.1, -0.05) is 0 Å². The predicted octanol–water partition coefficient (Wildman–Crippen LogP) is 0.698. The Morgan fingerprint density at radius 2 is 2.10 bits per heavy atom. The van der Waals surface area contributed by atoms with Crippen LogP contribution >= 0.6 is 0 Å². The van der Waals surface area contributed by atoms with Crippen molar-refractivity contribution < 1.29 is 9.53 Å². The van der Waals surface area contributed by atoms with Crippen LogP contribution in [0.2, 0.25) is 0 Å². The molecule has 0 radical (unpaired) electrons. The molecule has 0 aromatic carbocycles. The molecule has 3 rings (SSSR count). The molecule has 3 fully saturated rings. The van der Waals surface area contributed by atoms with Crippen LogP contribution in [0.3, 0.4) is 0 Å². The standard InChI is InChI=1S/C16H29N3O2/c1-3-21-15(20)16(17-2,13-6-7-13)12-18-9-10-19-8-4-5-14(19)11-18/h13-14,17H,3-12H2,1-2H3. The molecule has 2 aliphatic heterocycles. The van der Waals surface area contributed by atoms with Gasteiger partial charge in [0.15, 0.2) is 0 Å². The molecule has 0 bridgehead atoms. The van der Waals surface area contributed by atoms with E-state index in [0.29, 0.717) is 18.6 Å². The highest BCUT2D eigenvalue weighted by atomic mass is 16.5. The number of ether oxygens (including phenoxy) is 1. The number of hydrogen-bond donors (Lipinski definition) is 1. The van der Waals surface area contributed by atoms with E-state index in [1.165, 1.54) is 19.4 Å². The molecule has 0 aromatic rings. The fourth-order valence-electron chi connectivity index (χ4n) is 4.13. The van der Waals surface area contributed by atoms with Crippen LogP contribution in [0.4, 0.5) is 0 Å². The maximum absolute atomic E-state index is 12.6. The van der Waals surface area contributed by atoms with Crippen molar-refractivity contribution in [3.63, 3.8) is 0 Å². The Bertz CT molecular complexity index is 386. The molecule has 0 aromatic heterocycles. The lowest BCUT2D eigenvalue weighted by Gasteiger charge is -2.42. The molecule has 3 aliphatic rings.